The van der Waals surface area contributed by atoms with Crippen LogP contribution in [0, 0.1) is 6.92 Å². The summed E-state index contributed by atoms with van der Waals surface area (Å²) in [6, 6.07) is 8.88. The largest absolute Gasteiger partial charge is 0.368 e. The number of aryl methyl sites for hydroxylation is 1. The van der Waals surface area contributed by atoms with Crippen molar-refractivity contribution >= 4 is 11.9 Å². The summed E-state index contributed by atoms with van der Waals surface area (Å²) >= 11 is 0. The van der Waals surface area contributed by atoms with Gasteiger partial charge in [0, 0.05) is 46.8 Å². The monoisotopic (exact) mass is 355 g/mol. The molecule has 0 aliphatic carbocycles. The maximum Gasteiger partial charge on any atom is 0.229 e. The Bertz CT molecular complexity index is 738. The van der Waals surface area contributed by atoms with Gasteiger partial charge in [-0.05, 0) is 19.4 Å². The van der Waals surface area contributed by atoms with Gasteiger partial charge in [0.05, 0.1) is 6.04 Å². The van der Waals surface area contributed by atoms with E-state index < -0.39 is 0 Å². The summed E-state index contributed by atoms with van der Waals surface area (Å²) in [4.78, 5) is 19.9. The molecule has 1 atom stereocenters. The smallest absolute Gasteiger partial charge is 0.229 e. The van der Waals surface area contributed by atoms with E-state index in [9.17, 15) is 0 Å². The molecule has 3 rings (SSSR count). The molecule has 7 heteroatoms. The zero-order chi connectivity index (χ0) is 18.7. The van der Waals surface area contributed by atoms with E-state index in [-0.39, 0.29) is 12.0 Å². The van der Waals surface area contributed by atoms with Crippen LogP contribution in [0.5, 0.6) is 0 Å². The first-order chi connectivity index (χ1) is 12.4. The Balaban J connectivity index is 1.61. The van der Waals surface area contributed by atoms with Gasteiger partial charge in [-0.1, -0.05) is 29.8 Å². The number of hydrogen-bond acceptors (Lipinski definition) is 7. The fourth-order valence-electron chi connectivity index (χ4n) is 3.32. The van der Waals surface area contributed by atoms with Crippen LogP contribution in [-0.4, -0.2) is 65.0 Å². The Kier molecular flexibility index (Phi) is 5.68. The lowest BCUT2D eigenvalue weighted by atomic mass is 10.1. The highest BCUT2D eigenvalue weighted by atomic mass is 15.3. The first-order valence-corrected chi connectivity index (χ1v) is 9.13. The van der Waals surface area contributed by atoms with Gasteiger partial charge in [0.2, 0.25) is 11.9 Å². The van der Waals surface area contributed by atoms with Gasteiger partial charge in [0.15, 0.2) is 5.82 Å². The second-order valence-electron chi connectivity index (χ2n) is 7.22. The van der Waals surface area contributed by atoms with Crippen LogP contribution in [0.4, 0.5) is 11.9 Å². The third-order valence-electron chi connectivity index (χ3n) is 4.88. The molecule has 0 radical (unpaired) electrons. The SMILES string of the molecule is Cc1cccc(CN2CCN(C(C)c3nc(N)nc(N(C)C)n3)CC2)c1. The Morgan fingerprint density at radius 3 is 2.50 bits per heavy atom. The van der Waals surface area contributed by atoms with Crippen molar-refractivity contribution in [2.45, 2.75) is 26.4 Å². The van der Waals surface area contributed by atoms with E-state index in [0.717, 1.165) is 38.5 Å². The third-order valence-corrected chi connectivity index (χ3v) is 4.88. The van der Waals surface area contributed by atoms with Crippen LogP contribution in [0.2, 0.25) is 0 Å². The van der Waals surface area contributed by atoms with E-state index in [1.54, 1.807) is 0 Å². The van der Waals surface area contributed by atoms with Crippen molar-refractivity contribution in [1.29, 1.82) is 0 Å². The van der Waals surface area contributed by atoms with Crippen molar-refractivity contribution in [2.75, 3.05) is 50.9 Å². The second-order valence-corrected chi connectivity index (χ2v) is 7.22. The predicted molar refractivity (Wildman–Crippen MR) is 105 cm³/mol. The molecule has 1 aromatic carbocycles. The standard InChI is InChI=1S/C19H29N7/c1-14-6-5-7-16(12-14)13-25-8-10-26(11-9-25)15(2)17-21-18(20)23-19(22-17)24(3)4/h5-7,12,15H,8-11,13H2,1-4H3,(H2,20,21,22,23). The lowest BCUT2D eigenvalue weighted by molar-refractivity contribution is 0.0948. The van der Waals surface area contributed by atoms with Crippen LogP contribution in [-0.2, 0) is 6.54 Å². The minimum absolute atomic E-state index is 0.125. The van der Waals surface area contributed by atoms with Crippen molar-refractivity contribution < 1.29 is 0 Å². The third kappa shape index (κ3) is 4.47. The molecule has 26 heavy (non-hydrogen) atoms. The summed E-state index contributed by atoms with van der Waals surface area (Å²) in [5, 5.41) is 0. The fourth-order valence-corrected chi connectivity index (χ4v) is 3.32. The van der Waals surface area contributed by atoms with E-state index in [0.29, 0.717) is 5.95 Å². The molecule has 1 unspecified atom stereocenters. The first-order valence-electron chi connectivity index (χ1n) is 9.13. The maximum atomic E-state index is 5.87. The second kappa shape index (κ2) is 7.97. The minimum Gasteiger partial charge on any atom is -0.368 e. The van der Waals surface area contributed by atoms with Crippen LogP contribution < -0.4 is 10.6 Å². The number of hydrogen-bond donors (Lipinski definition) is 1. The molecule has 0 bridgehead atoms. The van der Waals surface area contributed by atoms with Gasteiger partial charge in [-0.2, -0.15) is 15.0 Å². The Morgan fingerprint density at radius 2 is 1.85 bits per heavy atom. The van der Waals surface area contributed by atoms with Crippen LogP contribution in [0.1, 0.15) is 29.9 Å². The molecule has 1 aliphatic rings. The number of nitrogens with two attached hydrogens (primary N) is 1. The molecule has 2 heterocycles. The molecule has 0 spiro atoms. The number of benzene rings is 1. The highest BCUT2D eigenvalue weighted by Gasteiger charge is 2.24. The van der Waals surface area contributed by atoms with E-state index in [1.807, 2.05) is 19.0 Å². The summed E-state index contributed by atoms with van der Waals surface area (Å²) < 4.78 is 0. The van der Waals surface area contributed by atoms with E-state index in [4.69, 9.17) is 5.73 Å². The lowest BCUT2D eigenvalue weighted by Crippen LogP contribution is -2.47. The van der Waals surface area contributed by atoms with Crippen molar-refractivity contribution in [3.8, 4) is 0 Å². The van der Waals surface area contributed by atoms with Crippen molar-refractivity contribution in [1.82, 2.24) is 24.8 Å². The molecular weight excluding hydrogens is 326 g/mol. The normalized spacial score (nSPS) is 17.2. The molecular formula is C19H29N7. The molecule has 7 nitrogen and oxygen atoms in total. The summed E-state index contributed by atoms with van der Waals surface area (Å²) in [6.07, 6.45) is 0. The molecule has 1 fully saturated rings. The molecule has 1 saturated heterocycles. The summed E-state index contributed by atoms with van der Waals surface area (Å²) in [5.41, 5.74) is 8.57. The van der Waals surface area contributed by atoms with Crippen molar-refractivity contribution in [3.63, 3.8) is 0 Å². The summed E-state index contributed by atoms with van der Waals surface area (Å²) in [5.74, 6) is 1.63. The summed E-state index contributed by atoms with van der Waals surface area (Å²) in [7, 11) is 3.82. The van der Waals surface area contributed by atoms with Crippen LogP contribution in [0.15, 0.2) is 24.3 Å². The number of rotatable bonds is 5. The van der Waals surface area contributed by atoms with Crippen LogP contribution in [0.3, 0.4) is 0 Å². The average Bonchev–Trinajstić information content (AvgIpc) is 2.61. The zero-order valence-electron chi connectivity index (χ0n) is 16.2. The first kappa shape index (κ1) is 18.5. The quantitative estimate of drug-likeness (QED) is 0.875. The van der Waals surface area contributed by atoms with Gasteiger partial charge in [-0.3, -0.25) is 9.80 Å². The topological polar surface area (TPSA) is 74.4 Å². The van der Waals surface area contributed by atoms with Crippen molar-refractivity contribution in [2.24, 2.45) is 0 Å². The Morgan fingerprint density at radius 1 is 1.12 bits per heavy atom. The van der Waals surface area contributed by atoms with Gasteiger partial charge >= 0.3 is 0 Å². The molecule has 0 amide bonds. The molecule has 2 N–H and O–H groups in total. The number of piperazine rings is 1. The molecule has 0 saturated carbocycles. The van der Waals surface area contributed by atoms with Crippen molar-refractivity contribution in [3.05, 3.63) is 41.2 Å². The number of nitrogen functional groups attached to an aromatic ring is 1. The highest BCUT2D eigenvalue weighted by molar-refractivity contribution is 5.33. The van der Waals surface area contributed by atoms with Gasteiger partial charge in [0.25, 0.3) is 0 Å². The predicted octanol–water partition coefficient (Wildman–Crippen LogP) is 1.71. The van der Waals surface area contributed by atoms with Crippen LogP contribution in [0.25, 0.3) is 0 Å². The van der Waals surface area contributed by atoms with E-state index in [2.05, 4.69) is 62.9 Å². The maximum absolute atomic E-state index is 5.87. The Labute approximate surface area is 155 Å². The molecule has 1 aliphatic heterocycles. The van der Waals surface area contributed by atoms with E-state index in [1.165, 1.54) is 11.1 Å². The van der Waals surface area contributed by atoms with Crippen LogP contribution >= 0.6 is 0 Å². The number of anilines is 2. The van der Waals surface area contributed by atoms with Gasteiger partial charge in [0.1, 0.15) is 0 Å². The highest BCUT2D eigenvalue weighted by Crippen LogP contribution is 2.21. The van der Waals surface area contributed by atoms with Gasteiger partial charge < -0.3 is 10.6 Å². The van der Waals surface area contributed by atoms with Gasteiger partial charge in [-0.15, -0.1) is 0 Å². The molecule has 1 aromatic heterocycles. The number of aromatic nitrogens is 3. The average molecular weight is 355 g/mol. The zero-order valence-corrected chi connectivity index (χ0v) is 16.2. The molecule has 140 valence electrons. The summed E-state index contributed by atoms with van der Waals surface area (Å²) in [6.45, 7) is 9.37. The molecule has 2 aromatic rings. The lowest BCUT2D eigenvalue weighted by Gasteiger charge is -2.37. The fraction of sp³-hybridized carbons (Fsp3) is 0.526. The Hall–Kier alpha value is -2.25. The number of nitrogens with zero attached hydrogens (tertiary/aromatic N) is 6. The minimum atomic E-state index is 0.125. The van der Waals surface area contributed by atoms with Gasteiger partial charge in [-0.25, -0.2) is 0 Å². The van der Waals surface area contributed by atoms with E-state index >= 15 is 0 Å².